The number of anilines is 1. The summed E-state index contributed by atoms with van der Waals surface area (Å²) in [7, 11) is 1.86. The third-order valence-corrected chi connectivity index (χ3v) is 5.62. The Kier molecular flexibility index (Phi) is 14.1. The lowest BCUT2D eigenvalue weighted by Gasteiger charge is -2.20. The number of halogens is 1. The van der Waals surface area contributed by atoms with Gasteiger partial charge in [0.25, 0.3) is 0 Å². The minimum atomic E-state index is -0.693. The van der Waals surface area contributed by atoms with Gasteiger partial charge in [0, 0.05) is 24.9 Å². The van der Waals surface area contributed by atoms with Gasteiger partial charge in [-0.15, -0.1) is 0 Å². The highest BCUT2D eigenvalue weighted by molar-refractivity contribution is 7.97. The van der Waals surface area contributed by atoms with Crippen LogP contribution in [-0.4, -0.2) is 52.7 Å². The minimum absolute atomic E-state index is 0.143. The highest BCUT2D eigenvalue weighted by atomic mass is 32.2. The first-order valence-corrected chi connectivity index (χ1v) is 14.9. The highest BCUT2D eigenvalue weighted by Gasteiger charge is 2.21. The summed E-state index contributed by atoms with van der Waals surface area (Å²) in [6.45, 7) is 15.5. The molecule has 2 aromatic carbocycles. The zero-order chi connectivity index (χ0) is 30.6. The summed E-state index contributed by atoms with van der Waals surface area (Å²) in [5.74, 6) is -0.276. The summed E-state index contributed by atoms with van der Waals surface area (Å²) >= 11 is 1.75. The Bertz CT molecular complexity index is 1280. The van der Waals surface area contributed by atoms with Gasteiger partial charge in [-0.25, -0.2) is 14.2 Å². The first kappa shape index (κ1) is 34.9. The van der Waals surface area contributed by atoms with Crippen LogP contribution in [0.2, 0.25) is 0 Å². The van der Waals surface area contributed by atoms with Crippen LogP contribution in [0.5, 0.6) is 0 Å². The van der Waals surface area contributed by atoms with Crippen LogP contribution < -0.4 is 5.32 Å². The standard InChI is InChI=1S/C27H33FN4O3.C2H6S.C2H6/c1-8-34-15-31-23-13-18(9-10-20(23)25(29)24-14-30-17(3)32(24)7)21-11-19(12-22(28)16(21)2)26(33)35-27(4,5)6;1-3-2;1-2/h9-14,29,31H,8,15H2,1-7H3;1-2H3;1-2H3. The smallest absolute Gasteiger partial charge is 0.338 e. The van der Waals surface area contributed by atoms with E-state index in [0.717, 1.165) is 5.82 Å². The summed E-state index contributed by atoms with van der Waals surface area (Å²) in [4.78, 5) is 16.9. The maximum Gasteiger partial charge on any atom is 0.338 e. The van der Waals surface area contributed by atoms with Crippen LogP contribution in [0.3, 0.4) is 0 Å². The fourth-order valence-electron chi connectivity index (χ4n) is 3.61. The number of aryl methyl sites for hydroxylation is 1. The number of esters is 1. The largest absolute Gasteiger partial charge is 0.456 e. The maximum absolute atomic E-state index is 14.9. The molecule has 0 spiro atoms. The fourth-order valence-corrected chi connectivity index (χ4v) is 3.61. The number of benzene rings is 2. The van der Waals surface area contributed by atoms with E-state index < -0.39 is 17.4 Å². The van der Waals surface area contributed by atoms with Crippen molar-refractivity contribution in [2.24, 2.45) is 7.05 Å². The number of nitrogens with zero attached hydrogens (tertiary/aromatic N) is 2. The number of carbonyl (C=O) groups excluding carboxylic acids is 1. The molecular formula is C31H45FN4O3S. The van der Waals surface area contributed by atoms with Crippen molar-refractivity contribution in [2.75, 3.05) is 31.2 Å². The van der Waals surface area contributed by atoms with E-state index in [2.05, 4.69) is 10.3 Å². The molecule has 0 aliphatic rings. The molecule has 7 nitrogen and oxygen atoms in total. The molecule has 0 fully saturated rings. The Labute approximate surface area is 243 Å². The molecule has 3 rings (SSSR count). The molecule has 0 bridgehead atoms. The predicted octanol–water partition coefficient (Wildman–Crippen LogP) is 7.63. The van der Waals surface area contributed by atoms with Crippen LogP contribution in [0.4, 0.5) is 10.1 Å². The predicted molar refractivity (Wildman–Crippen MR) is 167 cm³/mol. The van der Waals surface area contributed by atoms with Gasteiger partial charge < -0.3 is 19.4 Å². The Hall–Kier alpha value is -3.17. The first-order valence-electron chi connectivity index (χ1n) is 13.3. The second-order valence-electron chi connectivity index (χ2n) is 9.74. The zero-order valence-corrected chi connectivity index (χ0v) is 26.6. The second kappa shape index (κ2) is 16.2. The maximum atomic E-state index is 14.9. The van der Waals surface area contributed by atoms with Crippen LogP contribution in [0.25, 0.3) is 11.1 Å². The van der Waals surface area contributed by atoms with Crippen molar-refractivity contribution in [1.82, 2.24) is 9.55 Å². The Morgan fingerprint density at radius 1 is 1.15 bits per heavy atom. The van der Waals surface area contributed by atoms with Crippen LogP contribution >= 0.6 is 11.8 Å². The molecule has 2 N–H and O–H groups in total. The number of carbonyl (C=O) groups is 1. The summed E-state index contributed by atoms with van der Waals surface area (Å²) in [5.41, 5.74) is 3.40. The number of nitrogens with one attached hydrogen (secondary N) is 2. The number of imidazole rings is 1. The van der Waals surface area contributed by atoms with Gasteiger partial charge in [-0.2, -0.15) is 11.8 Å². The quantitative estimate of drug-likeness (QED) is 0.125. The molecule has 9 heteroatoms. The molecule has 0 amide bonds. The molecule has 40 heavy (non-hydrogen) atoms. The third-order valence-electron chi connectivity index (χ3n) is 5.62. The minimum Gasteiger partial charge on any atom is -0.456 e. The van der Waals surface area contributed by atoms with Crippen molar-refractivity contribution in [2.45, 2.75) is 61.0 Å². The van der Waals surface area contributed by atoms with E-state index >= 15 is 0 Å². The lowest BCUT2D eigenvalue weighted by atomic mass is 9.94. The Balaban J connectivity index is 0.00000150. The molecule has 0 unspecified atom stereocenters. The molecular weight excluding hydrogens is 527 g/mol. The van der Waals surface area contributed by atoms with Crippen LogP contribution in [0.1, 0.15) is 74.5 Å². The number of thioether (sulfide) groups is 1. The van der Waals surface area contributed by atoms with Gasteiger partial charge in [-0.1, -0.05) is 26.0 Å². The van der Waals surface area contributed by atoms with E-state index in [1.54, 1.807) is 51.7 Å². The number of hydrogen-bond donors (Lipinski definition) is 2. The molecule has 0 saturated heterocycles. The van der Waals surface area contributed by atoms with Gasteiger partial charge in [-0.3, -0.25) is 5.41 Å². The molecule has 0 aliphatic carbocycles. The van der Waals surface area contributed by atoms with Crippen molar-refractivity contribution in [3.63, 3.8) is 0 Å². The monoisotopic (exact) mass is 572 g/mol. The molecule has 1 aromatic heterocycles. The summed E-state index contributed by atoms with van der Waals surface area (Å²) < 4.78 is 27.6. The summed E-state index contributed by atoms with van der Waals surface area (Å²) in [6.07, 6.45) is 5.75. The van der Waals surface area contributed by atoms with Gasteiger partial charge in [0.05, 0.1) is 23.2 Å². The molecule has 0 aliphatic heterocycles. The molecule has 0 atom stereocenters. The Morgan fingerprint density at radius 3 is 2.30 bits per heavy atom. The molecule has 0 saturated carbocycles. The van der Waals surface area contributed by atoms with Crippen molar-refractivity contribution in [1.29, 1.82) is 5.41 Å². The lowest BCUT2D eigenvalue weighted by Crippen LogP contribution is -2.24. The Morgan fingerprint density at radius 2 is 1.77 bits per heavy atom. The normalized spacial score (nSPS) is 10.6. The SMILES string of the molecule is CC.CCOCNc1cc(-c2cc(C(=O)OC(C)(C)C)cc(F)c2C)ccc1C(=N)c1cnc(C)n1C.CSC. The van der Waals surface area contributed by atoms with Crippen LogP contribution in [0.15, 0.2) is 36.5 Å². The second-order valence-corrected chi connectivity index (χ2v) is 10.6. The van der Waals surface area contributed by atoms with Crippen molar-refractivity contribution in [3.8, 4) is 11.1 Å². The summed E-state index contributed by atoms with van der Waals surface area (Å²) in [5, 5.41) is 12.0. The van der Waals surface area contributed by atoms with Crippen molar-refractivity contribution < 1.29 is 18.7 Å². The van der Waals surface area contributed by atoms with E-state index in [4.69, 9.17) is 14.9 Å². The first-order chi connectivity index (χ1) is 18.8. The average Bonchev–Trinajstić information content (AvgIpc) is 3.23. The summed E-state index contributed by atoms with van der Waals surface area (Å²) in [6, 6.07) is 8.32. The van der Waals surface area contributed by atoms with Gasteiger partial charge in [0.1, 0.15) is 24.0 Å². The molecule has 0 radical (unpaired) electrons. The zero-order valence-electron chi connectivity index (χ0n) is 25.8. The third kappa shape index (κ3) is 9.48. The number of aromatic nitrogens is 2. The number of hydrogen-bond acceptors (Lipinski definition) is 7. The number of ether oxygens (including phenoxy) is 2. The van der Waals surface area contributed by atoms with Crippen LogP contribution in [0, 0.1) is 25.1 Å². The molecule has 220 valence electrons. The lowest BCUT2D eigenvalue weighted by molar-refractivity contribution is 0.00690. The average molecular weight is 573 g/mol. The molecule has 1 heterocycles. The highest BCUT2D eigenvalue weighted by Crippen LogP contribution is 2.32. The van der Waals surface area contributed by atoms with Gasteiger partial charge in [0.2, 0.25) is 0 Å². The number of rotatable bonds is 8. The van der Waals surface area contributed by atoms with Gasteiger partial charge in [0.15, 0.2) is 0 Å². The van der Waals surface area contributed by atoms with E-state index in [1.807, 2.05) is 70.0 Å². The fraction of sp³-hybridized carbons (Fsp3) is 0.452. The van der Waals surface area contributed by atoms with E-state index in [0.29, 0.717) is 46.0 Å². The van der Waals surface area contributed by atoms with Gasteiger partial charge >= 0.3 is 5.97 Å². The van der Waals surface area contributed by atoms with E-state index in [-0.39, 0.29) is 12.3 Å². The van der Waals surface area contributed by atoms with E-state index in [9.17, 15) is 9.18 Å². The van der Waals surface area contributed by atoms with Gasteiger partial charge in [-0.05, 0) is 88.9 Å². The topological polar surface area (TPSA) is 89.2 Å². The van der Waals surface area contributed by atoms with Crippen molar-refractivity contribution in [3.05, 3.63) is 70.6 Å². The van der Waals surface area contributed by atoms with Crippen LogP contribution in [-0.2, 0) is 16.5 Å². The molecule has 3 aromatic rings. The van der Waals surface area contributed by atoms with Crippen molar-refractivity contribution >= 4 is 29.1 Å². The van der Waals surface area contributed by atoms with E-state index in [1.165, 1.54) is 6.07 Å².